The van der Waals surface area contributed by atoms with E-state index in [4.69, 9.17) is 11.5 Å². The molecule has 0 spiro atoms. The molecule has 1 rings (SSSR count). The Morgan fingerprint density at radius 3 is 2.33 bits per heavy atom. The van der Waals surface area contributed by atoms with Gasteiger partial charge in [-0.1, -0.05) is 0 Å². The van der Waals surface area contributed by atoms with Crippen LogP contribution >= 0.6 is 0 Å². The van der Waals surface area contributed by atoms with E-state index in [0.29, 0.717) is 5.82 Å². The van der Waals surface area contributed by atoms with Gasteiger partial charge in [0, 0.05) is 18.6 Å². The van der Waals surface area contributed by atoms with E-state index in [-0.39, 0.29) is 0 Å². The van der Waals surface area contributed by atoms with Gasteiger partial charge in [0.2, 0.25) is 0 Å². The molecule has 0 saturated carbocycles. The minimum atomic E-state index is 0.542. The minimum Gasteiger partial charge on any atom is -0.402 e. The van der Waals surface area contributed by atoms with Crippen molar-refractivity contribution in [1.29, 1.82) is 0 Å². The number of hydrogen-bond acceptors (Lipinski definition) is 2. The molecule has 3 nitrogen and oxygen atoms in total. The molecule has 0 aliphatic rings. The fraction of sp³-hybridized carbons (Fsp3) is 0. The van der Waals surface area contributed by atoms with E-state index in [1.165, 1.54) is 6.20 Å². The summed E-state index contributed by atoms with van der Waals surface area (Å²) in [4.78, 5) is 0. The lowest BCUT2D eigenvalue weighted by atomic mass is 10.7. The molecule has 0 unspecified atom stereocenters. The maximum Gasteiger partial charge on any atom is 0.123 e. The van der Waals surface area contributed by atoms with Gasteiger partial charge in [0.05, 0.1) is 0 Å². The zero-order valence-corrected chi connectivity index (χ0v) is 4.99. The van der Waals surface area contributed by atoms with E-state index in [1.807, 2.05) is 24.5 Å². The monoisotopic (exact) mass is 123 g/mol. The fourth-order valence-electron chi connectivity index (χ4n) is 0.593. The summed E-state index contributed by atoms with van der Waals surface area (Å²) in [6.45, 7) is 0. The molecule has 0 fully saturated rings. The third-order valence-corrected chi connectivity index (χ3v) is 1.07. The zero-order valence-electron chi connectivity index (χ0n) is 4.99. The predicted molar refractivity (Wildman–Crippen MR) is 37.1 cm³/mol. The van der Waals surface area contributed by atoms with Gasteiger partial charge in [-0.2, -0.15) is 0 Å². The topological polar surface area (TPSA) is 57.0 Å². The Labute approximate surface area is 53.6 Å². The van der Waals surface area contributed by atoms with Crippen molar-refractivity contribution in [3.8, 4) is 0 Å². The van der Waals surface area contributed by atoms with E-state index < -0.39 is 0 Å². The molecule has 1 aromatic rings. The van der Waals surface area contributed by atoms with Crippen LogP contribution in [-0.4, -0.2) is 4.57 Å². The van der Waals surface area contributed by atoms with Crippen LogP contribution in [-0.2, 0) is 0 Å². The van der Waals surface area contributed by atoms with Crippen LogP contribution in [0.25, 0.3) is 5.82 Å². The second-order valence-corrected chi connectivity index (χ2v) is 1.68. The summed E-state index contributed by atoms with van der Waals surface area (Å²) in [6.07, 6.45) is 5.03. The quantitative estimate of drug-likeness (QED) is 0.559. The first-order valence-corrected chi connectivity index (χ1v) is 2.65. The highest BCUT2D eigenvalue weighted by Crippen LogP contribution is 1.94. The van der Waals surface area contributed by atoms with Crippen LogP contribution in [0.4, 0.5) is 0 Å². The van der Waals surface area contributed by atoms with Crippen molar-refractivity contribution in [2.24, 2.45) is 11.5 Å². The van der Waals surface area contributed by atoms with Crippen LogP contribution in [0, 0.1) is 0 Å². The van der Waals surface area contributed by atoms with Crippen molar-refractivity contribution < 1.29 is 0 Å². The van der Waals surface area contributed by atoms with E-state index in [1.54, 1.807) is 4.57 Å². The van der Waals surface area contributed by atoms with Gasteiger partial charge < -0.3 is 16.0 Å². The van der Waals surface area contributed by atoms with Crippen LogP contribution in [0.2, 0.25) is 0 Å². The number of rotatable bonds is 1. The van der Waals surface area contributed by atoms with E-state index in [2.05, 4.69) is 0 Å². The average molecular weight is 123 g/mol. The number of nitrogens with zero attached hydrogens (tertiary/aromatic N) is 1. The van der Waals surface area contributed by atoms with Gasteiger partial charge >= 0.3 is 0 Å². The number of nitrogens with two attached hydrogens (primary N) is 2. The first-order valence-electron chi connectivity index (χ1n) is 2.65. The molecule has 0 aromatic carbocycles. The van der Waals surface area contributed by atoms with Gasteiger partial charge in [-0.15, -0.1) is 0 Å². The minimum absolute atomic E-state index is 0.542. The number of aromatic nitrogens is 1. The normalized spacial score (nSPS) is 11.8. The highest BCUT2D eigenvalue weighted by Gasteiger charge is 1.86. The highest BCUT2D eigenvalue weighted by atomic mass is 15.0. The van der Waals surface area contributed by atoms with Gasteiger partial charge in [0.25, 0.3) is 0 Å². The third-order valence-electron chi connectivity index (χ3n) is 1.07. The van der Waals surface area contributed by atoms with Gasteiger partial charge in [-0.25, -0.2) is 0 Å². The maximum atomic E-state index is 5.44. The Bertz CT molecular complexity index is 198. The first kappa shape index (κ1) is 5.75. The van der Waals surface area contributed by atoms with E-state index >= 15 is 0 Å². The lowest BCUT2D eigenvalue weighted by Gasteiger charge is -1.98. The molecule has 9 heavy (non-hydrogen) atoms. The smallest absolute Gasteiger partial charge is 0.123 e. The van der Waals surface area contributed by atoms with Crippen LogP contribution in [0.15, 0.2) is 30.7 Å². The van der Waals surface area contributed by atoms with Crippen molar-refractivity contribution >= 4 is 5.82 Å². The SMILES string of the molecule is N/C=C(\N)n1cccc1. The molecule has 3 heteroatoms. The molecule has 0 atom stereocenters. The third kappa shape index (κ3) is 1.05. The van der Waals surface area contributed by atoms with Crippen molar-refractivity contribution in [2.45, 2.75) is 0 Å². The Kier molecular flexibility index (Phi) is 1.44. The molecule has 0 amide bonds. The van der Waals surface area contributed by atoms with Crippen molar-refractivity contribution in [1.82, 2.24) is 4.57 Å². The molecule has 1 heterocycles. The summed E-state index contributed by atoms with van der Waals surface area (Å²) in [5.41, 5.74) is 10.6. The number of hydrogen-bond donors (Lipinski definition) is 2. The van der Waals surface area contributed by atoms with Gasteiger partial charge in [0.1, 0.15) is 5.82 Å². The summed E-state index contributed by atoms with van der Waals surface area (Å²) >= 11 is 0. The molecule has 0 aliphatic heterocycles. The molecular weight excluding hydrogens is 114 g/mol. The maximum absolute atomic E-state index is 5.44. The first-order chi connectivity index (χ1) is 4.34. The molecule has 48 valence electrons. The molecule has 0 saturated heterocycles. The molecule has 0 radical (unpaired) electrons. The summed E-state index contributed by atoms with van der Waals surface area (Å²) in [5.74, 6) is 0.542. The van der Waals surface area contributed by atoms with Crippen LogP contribution in [0.5, 0.6) is 0 Å². The van der Waals surface area contributed by atoms with E-state index in [9.17, 15) is 0 Å². The van der Waals surface area contributed by atoms with Gasteiger partial charge in [0.15, 0.2) is 0 Å². The van der Waals surface area contributed by atoms with Gasteiger partial charge in [-0.05, 0) is 12.1 Å². The second-order valence-electron chi connectivity index (χ2n) is 1.68. The summed E-state index contributed by atoms with van der Waals surface area (Å²) in [5, 5.41) is 0. The lowest BCUT2D eigenvalue weighted by molar-refractivity contribution is 1.07. The Morgan fingerprint density at radius 1 is 1.33 bits per heavy atom. The largest absolute Gasteiger partial charge is 0.402 e. The van der Waals surface area contributed by atoms with Crippen molar-refractivity contribution in [2.75, 3.05) is 0 Å². The van der Waals surface area contributed by atoms with Crippen molar-refractivity contribution in [3.05, 3.63) is 30.7 Å². The predicted octanol–water partition coefficient (Wildman–Crippen LogP) is 0.161. The Morgan fingerprint density at radius 2 is 1.89 bits per heavy atom. The molecule has 4 N–H and O–H groups in total. The average Bonchev–Trinajstić information content (AvgIpc) is 2.37. The molecule has 0 bridgehead atoms. The molecule has 0 aliphatic carbocycles. The van der Waals surface area contributed by atoms with E-state index in [0.717, 1.165) is 0 Å². The lowest BCUT2D eigenvalue weighted by Crippen LogP contribution is -2.05. The van der Waals surface area contributed by atoms with Crippen molar-refractivity contribution in [3.63, 3.8) is 0 Å². The fourth-order valence-corrected chi connectivity index (χ4v) is 0.593. The van der Waals surface area contributed by atoms with Crippen LogP contribution in [0.1, 0.15) is 0 Å². The summed E-state index contributed by atoms with van der Waals surface area (Å²) in [6, 6.07) is 3.77. The van der Waals surface area contributed by atoms with Crippen LogP contribution < -0.4 is 11.5 Å². The highest BCUT2D eigenvalue weighted by molar-refractivity contribution is 5.39. The Balaban J connectivity index is 2.90. The Hall–Kier alpha value is -1.38. The molecule has 1 aromatic heterocycles. The standard InChI is InChI=1S/C6H9N3/c7-5-6(8)9-3-1-2-4-9/h1-5H,7-8H2/b6-5+. The molecular formula is C6H9N3. The zero-order chi connectivity index (χ0) is 6.69. The van der Waals surface area contributed by atoms with Crippen LogP contribution in [0.3, 0.4) is 0 Å². The summed E-state index contributed by atoms with van der Waals surface area (Å²) in [7, 11) is 0. The van der Waals surface area contributed by atoms with Gasteiger partial charge in [-0.3, -0.25) is 0 Å². The second kappa shape index (κ2) is 2.26. The summed E-state index contributed by atoms with van der Waals surface area (Å²) < 4.78 is 1.74.